The van der Waals surface area contributed by atoms with E-state index in [-0.39, 0.29) is 12.1 Å². The molecule has 1 heterocycles. The number of carbonyl (C=O) groups is 2. The Labute approximate surface area is 151 Å². The Bertz CT molecular complexity index is 724. The van der Waals surface area contributed by atoms with Crippen molar-refractivity contribution in [1.29, 1.82) is 0 Å². The first-order chi connectivity index (χ1) is 12.4. The number of hydrogen-bond acceptors (Lipinski definition) is 7. The van der Waals surface area contributed by atoms with Crippen LogP contribution in [0.2, 0.25) is 0 Å². The number of methoxy groups -OCH3 is 4. The van der Waals surface area contributed by atoms with Gasteiger partial charge in [0, 0.05) is 14.2 Å². The number of rotatable bonds is 8. The summed E-state index contributed by atoms with van der Waals surface area (Å²) in [5, 5.41) is 10.2. The number of nitrogens with zero attached hydrogens (tertiary/aromatic N) is 1. The Kier molecular flexibility index (Phi) is 6.23. The lowest BCUT2D eigenvalue weighted by Crippen LogP contribution is -2.38. The molecule has 1 unspecified atom stereocenters. The smallest absolute Gasteiger partial charge is 0.290 e. The molecule has 1 aliphatic heterocycles. The number of ketones is 1. The molecule has 1 N–H and O–H groups in total. The highest BCUT2D eigenvalue weighted by Gasteiger charge is 2.43. The zero-order valence-corrected chi connectivity index (χ0v) is 15.4. The standard InChI is InChI=1S/C18H23NO7/c1-10(20)15-16(11-6-7-12(23-2)13(8-11)24-3)19(18(22)17(15)21)9-14(25-4)26-5/h6-8,14,16,21H,9H2,1-5H3. The number of carbonyl (C=O) groups excluding carboxylic acids is 2. The summed E-state index contributed by atoms with van der Waals surface area (Å²) in [5.74, 6) is -0.667. The lowest BCUT2D eigenvalue weighted by molar-refractivity contribution is -0.144. The molecule has 0 radical (unpaired) electrons. The first-order valence-electron chi connectivity index (χ1n) is 7.92. The van der Waals surface area contributed by atoms with Crippen LogP contribution in [0, 0.1) is 0 Å². The molecule has 0 saturated heterocycles. The molecule has 1 atom stereocenters. The second-order valence-electron chi connectivity index (χ2n) is 5.69. The van der Waals surface area contributed by atoms with Crippen LogP contribution in [0.5, 0.6) is 11.5 Å². The molecule has 1 aromatic rings. The number of hydrogen-bond donors (Lipinski definition) is 1. The normalized spacial score (nSPS) is 17.2. The van der Waals surface area contributed by atoms with Gasteiger partial charge in [0.25, 0.3) is 5.91 Å². The van der Waals surface area contributed by atoms with E-state index in [1.54, 1.807) is 18.2 Å². The van der Waals surface area contributed by atoms with Crippen LogP contribution in [0.1, 0.15) is 18.5 Å². The molecule has 0 fully saturated rings. The minimum Gasteiger partial charge on any atom is -0.503 e. The van der Waals surface area contributed by atoms with Crippen molar-refractivity contribution in [2.75, 3.05) is 35.0 Å². The van der Waals surface area contributed by atoms with E-state index in [0.717, 1.165) is 0 Å². The van der Waals surface area contributed by atoms with Crippen LogP contribution >= 0.6 is 0 Å². The van der Waals surface area contributed by atoms with Crippen LogP contribution in [0.4, 0.5) is 0 Å². The van der Waals surface area contributed by atoms with E-state index in [9.17, 15) is 14.7 Å². The van der Waals surface area contributed by atoms with E-state index in [1.807, 2.05) is 0 Å². The van der Waals surface area contributed by atoms with E-state index in [4.69, 9.17) is 18.9 Å². The van der Waals surface area contributed by atoms with Crippen LogP contribution < -0.4 is 9.47 Å². The summed E-state index contributed by atoms with van der Waals surface area (Å²) >= 11 is 0. The van der Waals surface area contributed by atoms with Crippen molar-refractivity contribution < 1.29 is 33.6 Å². The van der Waals surface area contributed by atoms with Gasteiger partial charge in [-0.05, 0) is 24.6 Å². The summed E-state index contributed by atoms with van der Waals surface area (Å²) in [6.07, 6.45) is -0.708. The maximum Gasteiger partial charge on any atom is 0.290 e. The maximum absolute atomic E-state index is 12.5. The zero-order chi connectivity index (χ0) is 19.4. The predicted octanol–water partition coefficient (Wildman–Crippen LogP) is 1.61. The van der Waals surface area contributed by atoms with Gasteiger partial charge < -0.3 is 29.0 Å². The SMILES string of the molecule is COc1ccc(C2C(C(C)=O)=C(O)C(=O)N2CC(OC)OC)cc1OC. The topological polar surface area (TPSA) is 94.5 Å². The molecular weight excluding hydrogens is 342 g/mol. The first kappa shape index (κ1) is 19.7. The fourth-order valence-corrected chi connectivity index (χ4v) is 2.98. The summed E-state index contributed by atoms with van der Waals surface area (Å²) in [6, 6.07) is 4.27. The number of aliphatic hydroxyl groups is 1. The van der Waals surface area contributed by atoms with E-state index in [0.29, 0.717) is 17.1 Å². The largest absolute Gasteiger partial charge is 0.503 e. The van der Waals surface area contributed by atoms with Crippen molar-refractivity contribution in [1.82, 2.24) is 4.90 Å². The Hall–Kier alpha value is -2.58. The highest BCUT2D eigenvalue weighted by Crippen LogP contribution is 2.40. The molecular formula is C18H23NO7. The molecule has 1 aliphatic rings. The minimum atomic E-state index is -0.785. The Balaban J connectivity index is 2.54. The zero-order valence-electron chi connectivity index (χ0n) is 15.4. The molecule has 1 aromatic carbocycles. The average Bonchev–Trinajstić information content (AvgIpc) is 2.90. The second-order valence-corrected chi connectivity index (χ2v) is 5.69. The predicted molar refractivity (Wildman–Crippen MR) is 92.1 cm³/mol. The van der Waals surface area contributed by atoms with Gasteiger partial charge in [-0.2, -0.15) is 0 Å². The molecule has 0 spiro atoms. The summed E-state index contributed by atoms with van der Waals surface area (Å²) in [4.78, 5) is 26.0. The van der Waals surface area contributed by atoms with Gasteiger partial charge in [0.1, 0.15) is 0 Å². The monoisotopic (exact) mass is 365 g/mol. The first-order valence-corrected chi connectivity index (χ1v) is 7.92. The van der Waals surface area contributed by atoms with Gasteiger partial charge in [-0.1, -0.05) is 6.07 Å². The average molecular weight is 365 g/mol. The molecule has 8 nitrogen and oxygen atoms in total. The fourth-order valence-electron chi connectivity index (χ4n) is 2.98. The fraction of sp³-hybridized carbons (Fsp3) is 0.444. The number of ether oxygens (including phenoxy) is 4. The van der Waals surface area contributed by atoms with E-state index < -0.39 is 29.8 Å². The molecule has 0 aromatic heterocycles. The molecule has 142 valence electrons. The van der Waals surface area contributed by atoms with Gasteiger partial charge in [0.15, 0.2) is 29.3 Å². The Morgan fingerprint density at radius 3 is 2.27 bits per heavy atom. The van der Waals surface area contributed by atoms with Gasteiger partial charge in [-0.15, -0.1) is 0 Å². The lowest BCUT2D eigenvalue weighted by Gasteiger charge is -2.29. The number of benzene rings is 1. The quantitative estimate of drug-likeness (QED) is 0.699. The van der Waals surface area contributed by atoms with Crippen LogP contribution in [0.3, 0.4) is 0 Å². The third-order valence-corrected chi connectivity index (χ3v) is 4.28. The van der Waals surface area contributed by atoms with Gasteiger partial charge in [-0.3, -0.25) is 9.59 Å². The molecule has 0 aliphatic carbocycles. The minimum absolute atomic E-state index is 0.0215. The van der Waals surface area contributed by atoms with Crippen LogP contribution in [0.25, 0.3) is 0 Å². The van der Waals surface area contributed by atoms with Crippen molar-refractivity contribution in [3.63, 3.8) is 0 Å². The van der Waals surface area contributed by atoms with Gasteiger partial charge in [-0.25, -0.2) is 0 Å². The van der Waals surface area contributed by atoms with E-state index >= 15 is 0 Å². The summed E-state index contributed by atoms with van der Waals surface area (Å²) in [5.41, 5.74) is 0.615. The molecule has 26 heavy (non-hydrogen) atoms. The number of amides is 1. The summed E-state index contributed by atoms with van der Waals surface area (Å²) < 4.78 is 20.8. The number of Topliss-reactive ketones (excluding diaryl/α,β-unsaturated/α-hetero) is 1. The van der Waals surface area contributed by atoms with E-state index in [1.165, 1.54) is 40.3 Å². The maximum atomic E-state index is 12.5. The Morgan fingerprint density at radius 1 is 1.15 bits per heavy atom. The number of aliphatic hydroxyl groups excluding tert-OH is 1. The lowest BCUT2D eigenvalue weighted by atomic mass is 9.96. The van der Waals surface area contributed by atoms with Crippen molar-refractivity contribution >= 4 is 11.7 Å². The van der Waals surface area contributed by atoms with Crippen molar-refractivity contribution in [2.45, 2.75) is 19.3 Å². The molecule has 1 amide bonds. The summed E-state index contributed by atoms with van der Waals surface area (Å²) in [6.45, 7) is 1.34. The van der Waals surface area contributed by atoms with Gasteiger partial charge in [0.05, 0.1) is 32.4 Å². The molecule has 0 saturated carbocycles. The van der Waals surface area contributed by atoms with Crippen molar-refractivity contribution in [3.8, 4) is 11.5 Å². The van der Waals surface area contributed by atoms with Gasteiger partial charge in [0.2, 0.25) is 0 Å². The van der Waals surface area contributed by atoms with Crippen LogP contribution in [-0.4, -0.2) is 63.0 Å². The second kappa shape index (κ2) is 8.20. The third-order valence-electron chi connectivity index (χ3n) is 4.28. The third kappa shape index (κ3) is 3.51. The van der Waals surface area contributed by atoms with Crippen molar-refractivity contribution in [3.05, 3.63) is 35.1 Å². The van der Waals surface area contributed by atoms with Crippen LogP contribution in [0.15, 0.2) is 29.5 Å². The molecule has 0 bridgehead atoms. The highest BCUT2D eigenvalue weighted by molar-refractivity contribution is 6.08. The summed E-state index contributed by atoms with van der Waals surface area (Å²) in [7, 11) is 5.89. The highest BCUT2D eigenvalue weighted by atomic mass is 16.7. The molecule has 2 rings (SSSR count). The molecule has 8 heteroatoms. The Morgan fingerprint density at radius 2 is 1.77 bits per heavy atom. The van der Waals surface area contributed by atoms with Gasteiger partial charge >= 0.3 is 0 Å². The van der Waals surface area contributed by atoms with E-state index in [2.05, 4.69) is 0 Å². The van der Waals surface area contributed by atoms with Crippen molar-refractivity contribution in [2.24, 2.45) is 0 Å². The van der Waals surface area contributed by atoms with Crippen LogP contribution in [-0.2, 0) is 19.1 Å².